The number of piperidine rings is 1. The first-order valence-electron chi connectivity index (χ1n) is 8.10. The zero-order valence-electron chi connectivity index (χ0n) is 13.5. The van der Waals surface area contributed by atoms with Crippen molar-refractivity contribution in [2.24, 2.45) is 11.7 Å². The average molecular weight is 313 g/mol. The molecule has 6 heteroatoms. The fourth-order valence-electron chi connectivity index (χ4n) is 3.19. The number of hydrogen-bond donors (Lipinski definition) is 2. The van der Waals surface area contributed by atoms with Crippen LogP contribution in [0, 0.1) is 12.8 Å². The van der Waals surface area contributed by atoms with E-state index in [1.165, 1.54) is 0 Å². The highest BCUT2D eigenvalue weighted by Crippen LogP contribution is 2.19. The topological polar surface area (TPSA) is 84.1 Å². The molecule has 1 unspecified atom stereocenters. The molecule has 0 spiro atoms. The van der Waals surface area contributed by atoms with E-state index in [1.807, 2.05) is 31.2 Å². The van der Waals surface area contributed by atoms with E-state index >= 15 is 0 Å². The van der Waals surface area contributed by atoms with Crippen molar-refractivity contribution < 1.29 is 4.79 Å². The highest BCUT2D eigenvalue weighted by molar-refractivity contribution is 5.74. The quantitative estimate of drug-likeness (QED) is 0.902. The highest BCUT2D eigenvalue weighted by atomic mass is 16.2. The van der Waals surface area contributed by atoms with Crippen LogP contribution >= 0.6 is 0 Å². The first-order valence-corrected chi connectivity index (χ1v) is 8.10. The molecule has 122 valence electrons. The maximum Gasteiger partial charge on any atom is 0.312 e. The number of fused-ring (bicyclic) bond motifs is 1. The van der Waals surface area contributed by atoms with E-state index in [-0.39, 0.29) is 0 Å². The van der Waals surface area contributed by atoms with Crippen molar-refractivity contribution >= 4 is 17.1 Å². The molecule has 2 amide bonds. The monoisotopic (exact) mass is 313 g/mol. The van der Waals surface area contributed by atoms with E-state index in [0.717, 1.165) is 54.9 Å². The van der Waals surface area contributed by atoms with Gasteiger partial charge in [-0.2, -0.15) is 0 Å². The molecule has 1 aromatic heterocycles. The molecule has 3 rings (SSSR count). The third-order valence-corrected chi connectivity index (χ3v) is 4.38. The molecule has 1 aromatic carbocycles. The van der Waals surface area contributed by atoms with Crippen LogP contribution in [0.5, 0.6) is 0 Å². The number of likely N-dealkylation sites (tertiary alicyclic amines) is 1. The van der Waals surface area contributed by atoms with Crippen LogP contribution in [0.2, 0.25) is 0 Å². The van der Waals surface area contributed by atoms with Gasteiger partial charge in [0.15, 0.2) is 0 Å². The molecule has 1 aliphatic rings. The Morgan fingerprint density at radius 3 is 2.83 bits per heavy atom. The van der Waals surface area contributed by atoms with Crippen LogP contribution in [-0.2, 0) is 6.54 Å². The van der Waals surface area contributed by atoms with Gasteiger partial charge in [0.25, 0.3) is 0 Å². The van der Waals surface area contributed by atoms with Gasteiger partial charge < -0.3 is 11.1 Å². The number of nitrogens with zero attached hydrogens (tertiary/aromatic N) is 3. The molecule has 0 aliphatic carbocycles. The Balaban J connectivity index is 1.68. The lowest BCUT2D eigenvalue weighted by atomic mass is 9.98. The average Bonchev–Trinajstić information content (AvgIpc) is 2.54. The molecule has 3 N–H and O–H groups in total. The molecular weight excluding hydrogens is 290 g/mol. The van der Waals surface area contributed by atoms with Crippen molar-refractivity contribution in [3.63, 3.8) is 0 Å². The number of rotatable bonds is 4. The SMILES string of the molecule is Cc1nc2ccccc2nc1CN1CCCC(CNC(N)=O)C1. The van der Waals surface area contributed by atoms with E-state index in [2.05, 4.69) is 15.2 Å². The third kappa shape index (κ3) is 3.96. The lowest BCUT2D eigenvalue weighted by molar-refractivity contribution is 0.164. The molecule has 2 heterocycles. The molecule has 1 fully saturated rings. The Kier molecular flexibility index (Phi) is 4.71. The summed E-state index contributed by atoms with van der Waals surface area (Å²) in [5, 5.41) is 2.72. The summed E-state index contributed by atoms with van der Waals surface area (Å²) in [6.45, 7) is 5.48. The van der Waals surface area contributed by atoms with Crippen LogP contribution in [0.1, 0.15) is 24.2 Å². The van der Waals surface area contributed by atoms with Crippen molar-refractivity contribution in [1.29, 1.82) is 0 Å². The third-order valence-electron chi connectivity index (χ3n) is 4.38. The van der Waals surface area contributed by atoms with Crippen LogP contribution in [0.3, 0.4) is 0 Å². The zero-order valence-corrected chi connectivity index (χ0v) is 13.5. The van der Waals surface area contributed by atoms with Gasteiger partial charge in [-0.05, 0) is 44.4 Å². The molecule has 23 heavy (non-hydrogen) atoms. The molecule has 0 saturated carbocycles. The van der Waals surface area contributed by atoms with Crippen molar-refractivity contribution in [1.82, 2.24) is 20.2 Å². The van der Waals surface area contributed by atoms with Gasteiger partial charge in [0, 0.05) is 19.6 Å². The molecule has 1 saturated heterocycles. The van der Waals surface area contributed by atoms with Crippen LogP contribution < -0.4 is 11.1 Å². The minimum atomic E-state index is -0.446. The first kappa shape index (κ1) is 15.7. The summed E-state index contributed by atoms with van der Waals surface area (Å²) in [5.74, 6) is 0.449. The summed E-state index contributed by atoms with van der Waals surface area (Å²) in [6, 6.07) is 7.52. The van der Waals surface area contributed by atoms with Crippen LogP contribution in [-0.4, -0.2) is 40.5 Å². The van der Waals surface area contributed by atoms with E-state index in [0.29, 0.717) is 12.5 Å². The Morgan fingerprint density at radius 2 is 2.09 bits per heavy atom. The normalized spacial score (nSPS) is 18.9. The van der Waals surface area contributed by atoms with Crippen LogP contribution in [0.15, 0.2) is 24.3 Å². The number of aryl methyl sites for hydroxylation is 1. The number of amides is 2. The number of benzene rings is 1. The smallest absolute Gasteiger partial charge is 0.312 e. The summed E-state index contributed by atoms with van der Waals surface area (Å²) < 4.78 is 0. The Bertz CT molecular complexity index is 702. The summed E-state index contributed by atoms with van der Waals surface area (Å²) in [5.41, 5.74) is 9.06. The minimum absolute atomic E-state index is 0.446. The number of carbonyl (C=O) groups is 1. The fourth-order valence-corrected chi connectivity index (χ4v) is 3.19. The van der Waals surface area contributed by atoms with E-state index < -0.39 is 6.03 Å². The number of primary amides is 1. The van der Waals surface area contributed by atoms with Gasteiger partial charge in [0.1, 0.15) is 0 Å². The number of aromatic nitrogens is 2. The lowest BCUT2D eigenvalue weighted by Gasteiger charge is -2.32. The fraction of sp³-hybridized carbons (Fsp3) is 0.471. The second-order valence-corrected chi connectivity index (χ2v) is 6.23. The minimum Gasteiger partial charge on any atom is -0.352 e. The number of hydrogen-bond acceptors (Lipinski definition) is 4. The lowest BCUT2D eigenvalue weighted by Crippen LogP contribution is -2.42. The first-order chi connectivity index (χ1) is 11.1. The summed E-state index contributed by atoms with van der Waals surface area (Å²) in [4.78, 5) is 22.7. The van der Waals surface area contributed by atoms with Gasteiger partial charge in [0.2, 0.25) is 0 Å². The summed E-state index contributed by atoms with van der Waals surface area (Å²) >= 11 is 0. The maximum absolute atomic E-state index is 10.9. The molecule has 0 radical (unpaired) electrons. The van der Waals surface area contributed by atoms with Gasteiger partial charge >= 0.3 is 6.03 Å². The summed E-state index contributed by atoms with van der Waals surface area (Å²) in [6.07, 6.45) is 2.25. The summed E-state index contributed by atoms with van der Waals surface area (Å²) in [7, 11) is 0. The number of carbonyl (C=O) groups excluding carboxylic acids is 1. The molecular formula is C17H23N5O. The predicted octanol–water partition coefficient (Wildman–Crippen LogP) is 1.82. The largest absolute Gasteiger partial charge is 0.352 e. The van der Waals surface area contributed by atoms with Gasteiger partial charge in [-0.15, -0.1) is 0 Å². The van der Waals surface area contributed by atoms with E-state index in [9.17, 15) is 4.79 Å². The number of nitrogens with two attached hydrogens (primary N) is 1. The standard InChI is InChI=1S/C17H23N5O/c1-12-16(21-15-7-3-2-6-14(15)20-12)11-22-8-4-5-13(10-22)9-19-17(18)23/h2-3,6-7,13H,4-5,8-11H2,1H3,(H3,18,19,23). The molecule has 2 aromatic rings. The van der Waals surface area contributed by atoms with Gasteiger partial charge in [-0.25, -0.2) is 14.8 Å². The van der Waals surface area contributed by atoms with Crippen LogP contribution in [0.4, 0.5) is 4.79 Å². The molecule has 6 nitrogen and oxygen atoms in total. The van der Waals surface area contributed by atoms with Gasteiger partial charge in [-0.1, -0.05) is 12.1 Å². The van der Waals surface area contributed by atoms with E-state index in [4.69, 9.17) is 10.7 Å². The Hall–Kier alpha value is -2.21. The Morgan fingerprint density at radius 1 is 1.35 bits per heavy atom. The van der Waals surface area contributed by atoms with Crippen LogP contribution in [0.25, 0.3) is 11.0 Å². The van der Waals surface area contributed by atoms with E-state index in [1.54, 1.807) is 0 Å². The highest BCUT2D eigenvalue weighted by Gasteiger charge is 2.21. The predicted molar refractivity (Wildman–Crippen MR) is 89.9 cm³/mol. The zero-order chi connectivity index (χ0) is 16.2. The van der Waals surface area contributed by atoms with Crippen molar-refractivity contribution in [2.75, 3.05) is 19.6 Å². The van der Waals surface area contributed by atoms with Gasteiger partial charge in [0.05, 0.1) is 22.4 Å². The molecule has 0 bridgehead atoms. The number of nitrogens with one attached hydrogen (secondary N) is 1. The molecule has 1 aliphatic heterocycles. The van der Waals surface area contributed by atoms with Crippen molar-refractivity contribution in [3.05, 3.63) is 35.7 Å². The van der Waals surface area contributed by atoms with Gasteiger partial charge in [-0.3, -0.25) is 4.90 Å². The van der Waals surface area contributed by atoms with Crippen molar-refractivity contribution in [2.45, 2.75) is 26.3 Å². The second-order valence-electron chi connectivity index (χ2n) is 6.23. The maximum atomic E-state index is 10.9. The number of urea groups is 1. The van der Waals surface area contributed by atoms with Crippen molar-refractivity contribution in [3.8, 4) is 0 Å². The molecule has 1 atom stereocenters. The number of para-hydroxylation sites is 2. The second kappa shape index (κ2) is 6.91. The Labute approximate surface area is 136 Å².